The number of piperidine rings is 1. The monoisotopic (exact) mass is 225 g/mol. The second-order valence-corrected chi connectivity index (χ2v) is 5.98. The normalized spacial score (nSPS) is 35.3. The van der Waals surface area contributed by atoms with Crippen molar-refractivity contribution in [1.29, 1.82) is 0 Å². The average molecular weight is 225 g/mol. The maximum absolute atomic E-state index is 11.1. The highest BCUT2D eigenvalue weighted by Gasteiger charge is 2.46. The van der Waals surface area contributed by atoms with E-state index in [2.05, 4.69) is 18.7 Å². The third-order valence-electron chi connectivity index (χ3n) is 4.08. The van der Waals surface area contributed by atoms with E-state index in [1.165, 1.54) is 12.8 Å². The largest absolute Gasteiger partial charge is 0.370 e. The molecule has 2 aliphatic rings. The highest BCUT2D eigenvalue weighted by Crippen LogP contribution is 2.41. The molecule has 92 valence electrons. The van der Waals surface area contributed by atoms with Crippen molar-refractivity contribution in [2.24, 2.45) is 11.5 Å². The number of hydrogen-bond donors (Lipinski definition) is 2. The van der Waals surface area contributed by atoms with E-state index in [1.54, 1.807) is 0 Å². The Balaban J connectivity index is 2.12. The van der Waals surface area contributed by atoms with Crippen molar-refractivity contribution in [3.05, 3.63) is 0 Å². The summed E-state index contributed by atoms with van der Waals surface area (Å²) in [6, 6.07) is 1.46. The zero-order chi connectivity index (χ0) is 11.9. The van der Waals surface area contributed by atoms with Crippen molar-refractivity contribution in [1.82, 2.24) is 4.90 Å². The van der Waals surface area contributed by atoms with E-state index >= 15 is 0 Å². The Morgan fingerprint density at radius 2 is 1.81 bits per heavy atom. The number of nitrogens with two attached hydrogens (primary N) is 2. The summed E-state index contributed by atoms with van der Waals surface area (Å²) in [5, 5.41) is 0. The smallest absolute Gasteiger partial charge is 0.219 e. The molecule has 2 rings (SSSR count). The van der Waals surface area contributed by atoms with Crippen molar-refractivity contribution >= 4 is 5.91 Å². The van der Waals surface area contributed by atoms with E-state index in [1.807, 2.05) is 0 Å². The lowest BCUT2D eigenvalue weighted by Gasteiger charge is -2.47. The molecule has 2 bridgehead atoms. The van der Waals surface area contributed by atoms with Gasteiger partial charge in [-0.25, -0.2) is 0 Å². The molecule has 0 aliphatic carbocycles. The molecule has 0 spiro atoms. The second-order valence-electron chi connectivity index (χ2n) is 5.98. The first-order chi connectivity index (χ1) is 7.40. The molecule has 0 aromatic heterocycles. The predicted molar refractivity (Wildman–Crippen MR) is 63.7 cm³/mol. The van der Waals surface area contributed by atoms with E-state index < -0.39 is 0 Å². The van der Waals surface area contributed by atoms with Crippen LogP contribution in [0.4, 0.5) is 0 Å². The van der Waals surface area contributed by atoms with Gasteiger partial charge in [-0.05, 0) is 39.5 Å². The van der Waals surface area contributed by atoms with Crippen LogP contribution < -0.4 is 11.5 Å². The molecule has 2 atom stereocenters. The standard InChI is InChI=1S/C12H23N3O/c1-12(2,7-11(14)16)15-9-3-4-10(15)6-8(13)5-9/h8-10H,3-7,13H2,1-2H3,(H2,14,16). The third kappa shape index (κ3) is 2.09. The first-order valence-electron chi connectivity index (χ1n) is 6.22. The molecule has 2 fully saturated rings. The van der Waals surface area contributed by atoms with E-state index in [0.717, 1.165) is 12.8 Å². The molecule has 4 N–H and O–H groups in total. The summed E-state index contributed by atoms with van der Waals surface area (Å²) in [6.45, 7) is 4.25. The lowest BCUT2D eigenvalue weighted by Crippen LogP contribution is -2.57. The van der Waals surface area contributed by atoms with Crippen LogP contribution in [0.1, 0.15) is 46.0 Å². The van der Waals surface area contributed by atoms with Crippen LogP contribution in [0.3, 0.4) is 0 Å². The van der Waals surface area contributed by atoms with Crippen LogP contribution in [-0.2, 0) is 4.79 Å². The van der Waals surface area contributed by atoms with E-state index in [0.29, 0.717) is 24.5 Å². The van der Waals surface area contributed by atoms with Gasteiger partial charge in [-0.15, -0.1) is 0 Å². The summed E-state index contributed by atoms with van der Waals surface area (Å²) in [7, 11) is 0. The third-order valence-corrected chi connectivity index (χ3v) is 4.08. The zero-order valence-corrected chi connectivity index (χ0v) is 10.3. The molecule has 2 unspecified atom stereocenters. The molecule has 0 aromatic carbocycles. The Kier molecular flexibility index (Phi) is 2.97. The predicted octanol–water partition coefficient (Wildman–Crippen LogP) is 0.595. The number of nitrogens with zero attached hydrogens (tertiary/aromatic N) is 1. The first kappa shape index (κ1) is 11.9. The van der Waals surface area contributed by atoms with Gasteiger partial charge in [0.1, 0.15) is 0 Å². The Labute approximate surface area is 97.3 Å². The Morgan fingerprint density at radius 1 is 1.31 bits per heavy atom. The van der Waals surface area contributed by atoms with Gasteiger partial charge in [0.25, 0.3) is 0 Å². The van der Waals surface area contributed by atoms with Gasteiger partial charge in [-0.1, -0.05) is 0 Å². The summed E-state index contributed by atoms with van der Waals surface area (Å²) < 4.78 is 0. The molecule has 0 radical (unpaired) electrons. The lowest BCUT2D eigenvalue weighted by molar-refractivity contribution is -0.121. The quantitative estimate of drug-likeness (QED) is 0.738. The fourth-order valence-electron chi connectivity index (χ4n) is 3.73. The van der Waals surface area contributed by atoms with E-state index in [9.17, 15) is 4.79 Å². The van der Waals surface area contributed by atoms with Gasteiger partial charge in [0, 0.05) is 30.1 Å². The molecule has 2 aliphatic heterocycles. The molecule has 0 aromatic rings. The first-order valence-corrected chi connectivity index (χ1v) is 6.22. The number of amides is 1. The Morgan fingerprint density at radius 3 is 2.25 bits per heavy atom. The lowest BCUT2D eigenvalue weighted by atomic mass is 9.89. The van der Waals surface area contributed by atoms with Crippen molar-refractivity contribution in [2.45, 2.75) is 69.6 Å². The Hall–Kier alpha value is -0.610. The molecule has 0 saturated carbocycles. The average Bonchev–Trinajstić information content (AvgIpc) is 2.38. The van der Waals surface area contributed by atoms with Crippen LogP contribution in [0.5, 0.6) is 0 Å². The summed E-state index contributed by atoms with van der Waals surface area (Å²) in [6.07, 6.45) is 5.02. The number of carbonyl (C=O) groups excluding carboxylic acids is 1. The fourth-order valence-corrected chi connectivity index (χ4v) is 3.73. The number of hydrogen-bond acceptors (Lipinski definition) is 3. The molecule has 2 heterocycles. The van der Waals surface area contributed by atoms with Gasteiger partial charge < -0.3 is 11.5 Å². The number of fused-ring (bicyclic) bond motifs is 2. The molecule has 4 nitrogen and oxygen atoms in total. The van der Waals surface area contributed by atoms with Crippen molar-refractivity contribution in [2.75, 3.05) is 0 Å². The van der Waals surface area contributed by atoms with Gasteiger partial charge >= 0.3 is 0 Å². The van der Waals surface area contributed by atoms with Crippen LogP contribution in [0.2, 0.25) is 0 Å². The zero-order valence-electron chi connectivity index (χ0n) is 10.3. The Bertz CT molecular complexity index is 276. The summed E-state index contributed by atoms with van der Waals surface area (Å²) >= 11 is 0. The molecular formula is C12H23N3O. The molecular weight excluding hydrogens is 202 g/mol. The van der Waals surface area contributed by atoms with Gasteiger partial charge in [0.15, 0.2) is 0 Å². The van der Waals surface area contributed by atoms with Gasteiger partial charge in [0.05, 0.1) is 0 Å². The van der Waals surface area contributed by atoms with E-state index in [-0.39, 0.29) is 11.4 Å². The van der Waals surface area contributed by atoms with Gasteiger partial charge in [-0.2, -0.15) is 0 Å². The maximum Gasteiger partial charge on any atom is 0.219 e. The van der Waals surface area contributed by atoms with Crippen molar-refractivity contribution < 1.29 is 4.79 Å². The van der Waals surface area contributed by atoms with Gasteiger partial charge in [-0.3, -0.25) is 9.69 Å². The van der Waals surface area contributed by atoms with Gasteiger partial charge in [0.2, 0.25) is 5.91 Å². The summed E-state index contributed by atoms with van der Waals surface area (Å²) in [4.78, 5) is 13.6. The summed E-state index contributed by atoms with van der Waals surface area (Å²) in [5.41, 5.74) is 11.3. The van der Waals surface area contributed by atoms with Crippen molar-refractivity contribution in [3.8, 4) is 0 Å². The minimum absolute atomic E-state index is 0.113. The van der Waals surface area contributed by atoms with Crippen LogP contribution in [0.25, 0.3) is 0 Å². The topological polar surface area (TPSA) is 72.4 Å². The highest BCUT2D eigenvalue weighted by molar-refractivity contribution is 5.75. The minimum Gasteiger partial charge on any atom is -0.370 e. The van der Waals surface area contributed by atoms with Crippen LogP contribution in [0.15, 0.2) is 0 Å². The molecule has 2 saturated heterocycles. The number of primary amides is 1. The SMILES string of the molecule is CC(C)(CC(N)=O)N1C2CCC1CC(N)C2. The van der Waals surface area contributed by atoms with Crippen LogP contribution >= 0.6 is 0 Å². The molecule has 4 heteroatoms. The molecule has 1 amide bonds. The summed E-state index contributed by atoms with van der Waals surface area (Å²) in [5.74, 6) is -0.209. The minimum atomic E-state index is -0.209. The highest BCUT2D eigenvalue weighted by atomic mass is 16.1. The fraction of sp³-hybridized carbons (Fsp3) is 0.917. The second kappa shape index (κ2) is 4.00. The van der Waals surface area contributed by atoms with Crippen LogP contribution in [-0.4, -0.2) is 34.5 Å². The van der Waals surface area contributed by atoms with E-state index in [4.69, 9.17) is 11.5 Å². The van der Waals surface area contributed by atoms with Crippen LogP contribution in [0, 0.1) is 0 Å². The van der Waals surface area contributed by atoms with Crippen molar-refractivity contribution in [3.63, 3.8) is 0 Å². The number of carbonyl (C=O) groups is 1. The maximum atomic E-state index is 11.1. The number of rotatable bonds is 3. The molecule has 16 heavy (non-hydrogen) atoms.